The van der Waals surface area contributed by atoms with Gasteiger partial charge in [0.15, 0.2) is 5.11 Å². The molecule has 1 aliphatic rings. The molecule has 0 spiro atoms. The molecule has 1 aromatic carbocycles. The first-order valence-electron chi connectivity index (χ1n) is 11.3. The maximum Gasteiger partial charge on any atom is 0.174 e. The zero-order chi connectivity index (χ0) is 23.7. The molecule has 34 heavy (non-hydrogen) atoms. The summed E-state index contributed by atoms with van der Waals surface area (Å²) in [6.45, 7) is 5.13. The van der Waals surface area contributed by atoms with Crippen LogP contribution in [0.3, 0.4) is 0 Å². The summed E-state index contributed by atoms with van der Waals surface area (Å²) in [5, 5.41) is 4.22. The molecule has 172 valence electrons. The summed E-state index contributed by atoms with van der Waals surface area (Å²) in [5.74, 6) is 0.795. The monoisotopic (exact) mass is 469 g/mol. The van der Waals surface area contributed by atoms with E-state index in [4.69, 9.17) is 17.0 Å². The number of nitrogens with one attached hydrogen (secondary N) is 1. The van der Waals surface area contributed by atoms with Crippen molar-refractivity contribution in [2.24, 2.45) is 0 Å². The molecule has 1 aliphatic heterocycles. The lowest BCUT2D eigenvalue weighted by Crippen LogP contribution is -2.29. The molecule has 1 fully saturated rings. The van der Waals surface area contributed by atoms with Crippen LogP contribution in [0, 0.1) is 13.8 Å². The second-order valence-electron chi connectivity index (χ2n) is 8.47. The van der Waals surface area contributed by atoms with E-state index in [1.807, 2.05) is 48.9 Å². The Morgan fingerprint density at radius 3 is 2.56 bits per heavy atom. The van der Waals surface area contributed by atoms with Gasteiger partial charge in [-0.25, -0.2) is 0 Å². The first-order chi connectivity index (χ1) is 16.6. The SMILES string of the molecule is COc1cccc(N2C(=S)N[C@@H](c3ccccn3)[C@@H]2c2cc(C)n(Cc3ccncc3)c2C)c1. The molecule has 4 heterocycles. The highest BCUT2D eigenvalue weighted by Crippen LogP contribution is 2.43. The van der Waals surface area contributed by atoms with Crippen LogP contribution >= 0.6 is 12.2 Å². The average molecular weight is 470 g/mol. The Morgan fingerprint density at radius 2 is 1.82 bits per heavy atom. The molecule has 0 bridgehead atoms. The van der Waals surface area contributed by atoms with E-state index >= 15 is 0 Å². The van der Waals surface area contributed by atoms with E-state index in [1.54, 1.807) is 7.11 Å². The first-order valence-corrected chi connectivity index (χ1v) is 11.7. The van der Waals surface area contributed by atoms with Gasteiger partial charge in [0.1, 0.15) is 5.75 Å². The minimum absolute atomic E-state index is 0.0631. The van der Waals surface area contributed by atoms with E-state index in [-0.39, 0.29) is 12.1 Å². The summed E-state index contributed by atoms with van der Waals surface area (Å²) in [5.41, 5.74) is 6.79. The third-order valence-electron chi connectivity index (χ3n) is 6.45. The fraction of sp³-hybridized carbons (Fsp3) is 0.222. The predicted octanol–water partition coefficient (Wildman–Crippen LogP) is 5.13. The van der Waals surface area contributed by atoms with Crippen molar-refractivity contribution in [3.63, 3.8) is 0 Å². The van der Waals surface area contributed by atoms with E-state index in [2.05, 4.69) is 68.9 Å². The van der Waals surface area contributed by atoms with Crippen LogP contribution in [0.15, 0.2) is 79.3 Å². The molecule has 0 radical (unpaired) electrons. The standard InChI is InChI=1S/C27H27N5OS/c1-18-15-23(19(2)31(18)17-20-10-13-28-14-11-20)26-25(24-9-4-5-12-29-24)30-27(34)32(26)21-7-6-8-22(16-21)33-3/h4-16,25-26H,17H2,1-3H3,(H,30,34)/t25-,26-/m0/s1. The third kappa shape index (κ3) is 4.03. The molecule has 0 aliphatic carbocycles. The number of aromatic nitrogens is 3. The summed E-state index contributed by atoms with van der Waals surface area (Å²) in [6, 6.07) is 20.3. The Hall–Kier alpha value is -3.71. The highest BCUT2D eigenvalue weighted by atomic mass is 32.1. The molecule has 0 amide bonds. The van der Waals surface area contributed by atoms with Crippen molar-refractivity contribution in [3.05, 3.63) is 107 Å². The smallest absolute Gasteiger partial charge is 0.174 e. The molecule has 5 rings (SSSR count). The van der Waals surface area contributed by atoms with Gasteiger partial charge >= 0.3 is 0 Å². The summed E-state index contributed by atoms with van der Waals surface area (Å²) < 4.78 is 7.86. The molecule has 6 nitrogen and oxygen atoms in total. The molecule has 0 saturated carbocycles. The number of methoxy groups -OCH3 is 1. The lowest BCUT2D eigenvalue weighted by molar-refractivity contribution is 0.415. The maximum atomic E-state index is 5.88. The molecule has 4 aromatic rings. The molecule has 0 unspecified atom stereocenters. The van der Waals surface area contributed by atoms with Crippen LogP contribution < -0.4 is 15.0 Å². The van der Waals surface area contributed by atoms with E-state index in [9.17, 15) is 0 Å². The zero-order valence-corrected chi connectivity index (χ0v) is 20.3. The Kier molecular flexibility index (Phi) is 6.02. The van der Waals surface area contributed by atoms with Gasteiger partial charge in [0, 0.05) is 48.3 Å². The molecule has 7 heteroatoms. The number of benzene rings is 1. The number of nitrogens with zero attached hydrogens (tertiary/aromatic N) is 4. The van der Waals surface area contributed by atoms with Gasteiger partial charge in [-0.1, -0.05) is 12.1 Å². The molecule has 3 aromatic heterocycles. The van der Waals surface area contributed by atoms with Crippen molar-refractivity contribution >= 4 is 23.0 Å². The fourth-order valence-electron chi connectivity index (χ4n) is 4.75. The normalized spacial score (nSPS) is 17.6. The van der Waals surface area contributed by atoms with Crippen molar-refractivity contribution in [2.75, 3.05) is 12.0 Å². The second-order valence-corrected chi connectivity index (χ2v) is 8.85. The van der Waals surface area contributed by atoms with Crippen LogP contribution in [-0.4, -0.2) is 26.8 Å². The average Bonchev–Trinajstić information content (AvgIpc) is 3.36. The summed E-state index contributed by atoms with van der Waals surface area (Å²) in [4.78, 5) is 11.0. The molecular formula is C27H27N5OS. The third-order valence-corrected chi connectivity index (χ3v) is 6.77. The van der Waals surface area contributed by atoms with Gasteiger partial charge in [0.05, 0.1) is 24.9 Å². The van der Waals surface area contributed by atoms with Crippen LogP contribution in [0.5, 0.6) is 5.75 Å². The van der Waals surface area contributed by atoms with Crippen molar-refractivity contribution < 1.29 is 4.74 Å². The molecule has 2 atom stereocenters. The highest BCUT2D eigenvalue weighted by molar-refractivity contribution is 7.80. The van der Waals surface area contributed by atoms with Crippen molar-refractivity contribution in [1.29, 1.82) is 0 Å². The lowest BCUT2D eigenvalue weighted by atomic mass is 9.96. The van der Waals surface area contributed by atoms with Crippen LogP contribution in [-0.2, 0) is 6.54 Å². The number of hydrogen-bond donors (Lipinski definition) is 1. The van der Waals surface area contributed by atoms with Gasteiger partial charge in [0.25, 0.3) is 0 Å². The molecular weight excluding hydrogens is 442 g/mol. The van der Waals surface area contributed by atoms with Gasteiger partial charge in [-0.15, -0.1) is 0 Å². The zero-order valence-electron chi connectivity index (χ0n) is 19.5. The molecule has 1 saturated heterocycles. The Morgan fingerprint density at radius 1 is 1.00 bits per heavy atom. The van der Waals surface area contributed by atoms with E-state index in [0.717, 1.165) is 23.7 Å². The van der Waals surface area contributed by atoms with Crippen molar-refractivity contribution in [3.8, 4) is 5.75 Å². The largest absolute Gasteiger partial charge is 0.497 e. The van der Waals surface area contributed by atoms with Crippen molar-refractivity contribution in [1.82, 2.24) is 19.9 Å². The molecule has 1 N–H and O–H groups in total. The number of hydrogen-bond acceptors (Lipinski definition) is 4. The van der Waals surface area contributed by atoms with Gasteiger partial charge in [0.2, 0.25) is 0 Å². The topological polar surface area (TPSA) is 55.2 Å². The number of anilines is 1. The van der Waals surface area contributed by atoms with E-state index < -0.39 is 0 Å². The Balaban J connectivity index is 1.62. The number of ether oxygens (including phenoxy) is 1. The fourth-order valence-corrected chi connectivity index (χ4v) is 5.10. The number of pyridine rings is 2. The highest BCUT2D eigenvalue weighted by Gasteiger charge is 2.42. The van der Waals surface area contributed by atoms with Crippen LogP contribution in [0.4, 0.5) is 5.69 Å². The van der Waals surface area contributed by atoms with Crippen molar-refractivity contribution in [2.45, 2.75) is 32.5 Å². The lowest BCUT2D eigenvalue weighted by Gasteiger charge is -2.28. The van der Waals surface area contributed by atoms with Gasteiger partial charge in [-0.2, -0.15) is 0 Å². The van der Waals surface area contributed by atoms with Gasteiger partial charge < -0.3 is 19.5 Å². The number of thiocarbonyl (C=S) groups is 1. The first kappa shape index (κ1) is 22.1. The van der Waals surface area contributed by atoms with Gasteiger partial charge in [-0.05, 0) is 79.7 Å². The number of aryl methyl sites for hydroxylation is 1. The Bertz CT molecular complexity index is 1310. The number of rotatable bonds is 6. The van der Waals surface area contributed by atoms with Crippen LogP contribution in [0.25, 0.3) is 0 Å². The van der Waals surface area contributed by atoms with Crippen LogP contribution in [0.2, 0.25) is 0 Å². The summed E-state index contributed by atoms with van der Waals surface area (Å²) in [7, 11) is 1.68. The summed E-state index contributed by atoms with van der Waals surface area (Å²) >= 11 is 5.88. The van der Waals surface area contributed by atoms with E-state index in [0.29, 0.717) is 5.11 Å². The van der Waals surface area contributed by atoms with E-state index in [1.165, 1.54) is 22.5 Å². The quantitative estimate of drug-likeness (QED) is 0.395. The summed E-state index contributed by atoms with van der Waals surface area (Å²) in [6.07, 6.45) is 5.51. The maximum absolute atomic E-state index is 5.88. The van der Waals surface area contributed by atoms with Crippen LogP contribution in [0.1, 0.15) is 40.3 Å². The van der Waals surface area contributed by atoms with Gasteiger partial charge in [-0.3, -0.25) is 9.97 Å². The second kappa shape index (κ2) is 9.27. The minimum Gasteiger partial charge on any atom is -0.497 e. The Labute approximate surface area is 205 Å². The predicted molar refractivity (Wildman–Crippen MR) is 138 cm³/mol. The minimum atomic E-state index is -0.0882.